The molecule has 0 atom stereocenters. The van der Waals surface area contributed by atoms with E-state index in [4.69, 9.17) is 18.3 Å². The SMILES string of the molecule is CCCCCCCCCCCc1cc(=O)c2c(OC)c3ccoc3c(OC)c2o1. The van der Waals surface area contributed by atoms with Crippen molar-refractivity contribution in [1.82, 2.24) is 0 Å². The molecule has 0 aliphatic carbocycles. The fourth-order valence-electron chi connectivity index (χ4n) is 3.95. The number of benzene rings is 1. The van der Waals surface area contributed by atoms with Crippen LogP contribution in [0.5, 0.6) is 11.5 Å². The van der Waals surface area contributed by atoms with Gasteiger partial charge in [0, 0.05) is 12.5 Å². The maximum Gasteiger partial charge on any atom is 0.206 e. The summed E-state index contributed by atoms with van der Waals surface area (Å²) in [5.74, 6) is 1.58. The van der Waals surface area contributed by atoms with Crippen LogP contribution < -0.4 is 14.9 Å². The van der Waals surface area contributed by atoms with E-state index in [0.717, 1.165) is 19.3 Å². The summed E-state index contributed by atoms with van der Waals surface area (Å²) in [5, 5.41) is 1.10. The van der Waals surface area contributed by atoms with Crippen molar-refractivity contribution in [2.45, 2.75) is 71.1 Å². The van der Waals surface area contributed by atoms with E-state index in [1.807, 2.05) is 0 Å². The van der Waals surface area contributed by atoms with Gasteiger partial charge in [0.25, 0.3) is 0 Å². The Balaban J connectivity index is 1.71. The molecule has 0 aliphatic heterocycles. The highest BCUT2D eigenvalue weighted by atomic mass is 16.5. The zero-order valence-electron chi connectivity index (χ0n) is 17.8. The summed E-state index contributed by atoms with van der Waals surface area (Å²) >= 11 is 0. The molecule has 0 radical (unpaired) electrons. The molecule has 5 heteroatoms. The van der Waals surface area contributed by atoms with Gasteiger partial charge in [-0.2, -0.15) is 0 Å². The molecule has 0 N–H and O–H groups in total. The van der Waals surface area contributed by atoms with Crippen molar-refractivity contribution >= 4 is 21.9 Å². The minimum absolute atomic E-state index is 0.115. The number of hydrogen-bond acceptors (Lipinski definition) is 5. The predicted molar refractivity (Wildman–Crippen MR) is 116 cm³/mol. The number of aryl methyl sites for hydroxylation is 1. The Hall–Kier alpha value is -2.43. The van der Waals surface area contributed by atoms with Crippen molar-refractivity contribution in [3.05, 3.63) is 34.4 Å². The topological polar surface area (TPSA) is 61.8 Å². The van der Waals surface area contributed by atoms with Gasteiger partial charge in [-0.3, -0.25) is 4.79 Å². The highest BCUT2D eigenvalue weighted by Gasteiger charge is 2.22. The fourth-order valence-corrected chi connectivity index (χ4v) is 3.95. The van der Waals surface area contributed by atoms with Crippen LogP contribution in [0.15, 0.2) is 32.0 Å². The Kier molecular flexibility index (Phi) is 7.62. The molecule has 0 saturated heterocycles. The molecule has 0 unspecified atom stereocenters. The first-order valence-corrected chi connectivity index (χ1v) is 10.8. The minimum atomic E-state index is -0.115. The van der Waals surface area contributed by atoms with Gasteiger partial charge >= 0.3 is 0 Å². The molecular weight excluding hydrogens is 368 g/mol. The number of rotatable bonds is 12. The van der Waals surface area contributed by atoms with Crippen molar-refractivity contribution in [3.63, 3.8) is 0 Å². The van der Waals surface area contributed by atoms with Crippen molar-refractivity contribution in [2.24, 2.45) is 0 Å². The van der Waals surface area contributed by atoms with Crippen molar-refractivity contribution in [1.29, 1.82) is 0 Å². The molecule has 2 aromatic heterocycles. The van der Waals surface area contributed by atoms with Gasteiger partial charge in [-0.25, -0.2) is 0 Å². The molecule has 158 valence electrons. The first kappa shape index (κ1) is 21.3. The van der Waals surface area contributed by atoms with Gasteiger partial charge in [0.15, 0.2) is 16.6 Å². The van der Waals surface area contributed by atoms with E-state index < -0.39 is 0 Å². The molecular formula is C24H32O5. The fraction of sp³-hybridized carbons (Fsp3) is 0.542. The first-order chi connectivity index (χ1) is 14.2. The molecule has 0 bridgehead atoms. The Morgan fingerprint density at radius 1 is 0.862 bits per heavy atom. The van der Waals surface area contributed by atoms with Crippen LogP contribution in [-0.2, 0) is 6.42 Å². The van der Waals surface area contributed by atoms with E-state index in [1.165, 1.54) is 44.9 Å². The summed E-state index contributed by atoms with van der Waals surface area (Å²) < 4.78 is 22.7. The van der Waals surface area contributed by atoms with E-state index in [0.29, 0.717) is 39.2 Å². The molecule has 29 heavy (non-hydrogen) atoms. The molecule has 0 saturated carbocycles. The largest absolute Gasteiger partial charge is 0.495 e. The summed E-state index contributed by atoms with van der Waals surface area (Å²) in [7, 11) is 3.10. The minimum Gasteiger partial charge on any atom is -0.495 e. The number of unbranched alkanes of at least 4 members (excludes halogenated alkanes) is 8. The Morgan fingerprint density at radius 3 is 2.17 bits per heavy atom. The lowest BCUT2D eigenvalue weighted by atomic mass is 10.1. The van der Waals surface area contributed by atoms with Crippen LogP contribution in [0.1, 0.15) is 70.5 Å². The molecule has 1 aromatic carbocycles. The van der Waals surface area contributed by atoms with E-state index in [2.05, 4.69) is 6.92 Å². The average Bonchev–Trinajstić information content (AvgIpc) is 3.20. The molecule has 0 aliphatic rings. The molecule has 3 aromatic rings. The highest BCUT2D eigenvalue weighted by Crippen LogP contribution is 2.42. The summed E-state index contributed by atoms with van der Waals surface area (Å²) in [6, 6.07) is 3.35. The third kappa shape index (κ3) is 4.77. The van der Waals surface area contributed by atoms with Crippen LogP contribution in [0.3, 0.4) is 0 Å². The molecule has 0 fully saturated rings. The Labute approximate surface area is 172 Å². The smallest absolute Gasteiger partial charge is 0.206 e. The summed E-state index contributed by atoms with van der Waals surface area (Å²) in [6.45, 7) is 2.24. The molecule has 5 nitrogen and oxygen atoms in total. The van der Waals surface area contributed by atoms with E-state index in [1.54, 1.807) is 32.6 Å². The maximum absolute atomic E-state index is 12.8. The van der Waals surface area contributed by atoms with Gasteiger partial charge in [0.2, 0.25) is 5.75 Å². The number of methoxy groups -OCH3 is 2. The van der Waals surface area contributed by atoms with E-state index in [9.17, 15) is 4.79 Å². The number of fused-ring (bicyclic) bond motifs is 2. The monoisotopic (exact) mass is 400 g/mol. The van der Waals surface area contributed by atoms with E-state index >= 15 is 0 Å². The Bertz CT molecular complexity index is 982. The number of ether oxygens (including phenoxy) is 2. The third-order valence-electron chi connectivity index (χ3n) is 5.48. The lowest BCUT2D eigenvalue weighted by Gasteiger charge is -2.11. The van der Waals surface area contributed by atoms with Crippen LogP contribution in [0.4, 0.5) is 0 Å². The van der Waals surface area contributed by atoms with Gasteiger partial charge in [-0.05, 0) is 12.5 Å². The van der Waals surface area contributed by atoms with E-state index in [-0.39, 0.29) is 5.43 Å². The molecule has 0 spiro atoms. The van der Waals surface area contributed by atoms with Crippen molar-refractivity contribution < 1.29 is 18.3 Å². The molecule has 0 amide bonds. The normalized spacial score (nSPS) is 11.4. The van der Waals surface area contributed by atoms with Crippen LogP contribution in [-0.4, -0.2) is 14.2 Å². The second-order valence-electron chi connectivity index (χ2n) is 7.59. The average molecular weight is 401 g/mol. The first-order valence-electron chi connectivity index (χ1n) is 10.8. The van der Waals surface area contributed by atoms with Crippen LogP contribution in [0, 0.1) is 0 Å². The van der Waals surface area contributed by atoms with Crippen molar-refractivity contribution in [2.75, 3.05) is 14.2 Å². The summed E-state index contributed by atoms with van der Waals surface area (Å²) in [5.41, 5.74) is 0.806. The lowest BCUT2D eigenvalue weighted by Crippen LogP contribution is -2.06. The zero-order chi connectivity index (χ0) is 20.6. The van der Waals surface area contributed by atoms with Crippen LogP contribution in [0.2, 0.25) is 0 Å². The molecule has 2 heterocycles. The summed E-state index contributed by atoms with van der Waals surface area (Å²) in [4.78, 5) is 12.8. The van der Waals surface area contributed by atoms with Gasteiger partial charge in [-0.15, -0.1) is 0 Å². The maximum atomic E-state index is 12.8. The lowest BCUT2D eigenvalue weighted by molar-refractivity contribution is 0.396. The highest BCUT2D eigenvalue weighted by molar-refractivity contribution is 6.06. The zero-order valence-corrected chi connectivity index (χ0v) is 17.8. The predicted octanol–water partition coefficient (Wildman–Crippen LogP) is 6.63. The molecule has 3 rings (SSSR count). The van der Waals surface area contributed by atoms with Crippen molar-refractivity contribution in [3.8, 4) is 11.5 Å². The number of hydrogen-bond donors (Lipinski definition) is 0. The quantitative estimate of drug-likeness (QED) is 0.319. The van der Waals surface area contributed by atoms with Gasteiger partial charge in [0.05, 0.1) is 25.9 Å². The summed E-state index contributed by atoms with van der Waals surface area (Å²) in [6.07, 6.45) is 13.6. The van der Waals surface area contributed by atoms with Crippen LogP contribution >= 0.6 is 0 Å². The second-order valence-corrected chi connectivity index (χ2v) is 7.59. The third-order valence-corrected chi connectivity index (χ3v) is 5.48. The van der Waals surface area contributed by atoms with Gasteiger partial charge in [-0.1, -0.05) is 58.3 Å². The van der Waals surface area contributed by atoms with Gasteiger partial charge < -0.3 is 18.3 Å². The standard InChI is InChI=1S/C24H32O5/c1-4-5-6-7-8-9-10-11-12-13-17-16-19(25)20-21(26-2)18-14-15-28-22(18)24(27-3)23(20)29-17/h14-16H,4-13H2,1-3H3. The van der Waals surface area contributed by atoms with Gasteiger partial charge in [0.1, 0.15) is 16.9 Å². The Morgan fingerprint density at radius 2 is 1.52 bits per heavy atom. The van der Waals surface area contributed by atoms with Crippen LogP contribution in [0.25, 0.3) is 21.9 Å². The number of furan rings is 1. The second kappa shape index (κ2) is 10.4.